The molecular weight excluding hydrogens is 335 g/mol. The summed E-state index contributed by atoms with van der Waals surface area (Å²) in [6.07, 6.45) is 0. The van der Waals surface area contributed by atoms with Crippen molar-refractivity contribution in [3.63, 3.8) is 0 Å². The lowest BCUT2D eigenvalue weighted by molar-refractivity contribution is -0.127. The number of hydrogen-bond acceptors (Lipinski definition) is 5. The number of rotatable bonds is 6. The first kappa shape index (κ1) is 18.1. The zero-order valence-corrected chi connectivity index (χ0v) is 14.6. The van der Waals surface area contributed by atoms with Crippen LogP contribution < -0.4 is 0 Å². The predicted molar refractivity (Wildman–Crippen MR) is 86.3 cm³/mol. The molecule has 1 aromatic carbocycles. The van der Waals surface area contributed by atoms with E-state index in [0.717, 1.165) is 0 Å². The average Bonchev–Trinajstić information content (AvgIpc) is 2.80. The number of aryl methyl sites for hydroxylation is 2. The van der Waals surface area contributed by atoms with Crippen LogP contribution in [-0.2, 0) is 26.9 Å². The third kappa shape index (κ3) is 4.41. The van der Waals surface area contributed by atoms with Crippen molar-refractivity contribution in [1.82, 2.24) is 10.1 Å². The number of sulfone groups is 1. The number of nitrogens with zero attached hydrogens (tertiary/aromatic N) is 2. The summed E-state index contributed by atoms with van der Waals surface area (Å²) >= 11 is 0. The van der Waals surface area contributed by atoms with E-state index in [2.05, 4.69) is 5.16 Å². The average molecular weight is 354 g/mol. The number of halogens is 1. The molecule has 0 aliphatic carbocycles. The number of carbonyl (C=O) groups excluding carboxylic acids is 1. The fourth-order valence-corrected chi connectivity index (χ4v) is 3.80. The van der Waals surface area contributed by atoms with Crippen molar-refractivity contribution in [3.05, 3.63) is 52.7 Å². The van der Waals surface area contributed by atoms with Gasteiger partial charge in [-0.15, -0.1) is 0 Å². The Kier molecular flexibility index (Phi) is 5.38. The van der Waals surface area contributed by atoms with Crippen LogP contribution in [0.1, 0.15) is 22.6 Å². The highest BCUT2D eigenvalue weighted by molar-refractivity contribution is 7.91. The number of aromatic nitrogens is 1. The van der Waals surface area contributed by atoms with Crippen molar-refractivity contribution in [2.75, 3.05) is 12.8 Å². The summed E-state index contributed by atoms with van der Waals surface area (Å²) < 4.78 is 43.0. The van der Waals surface area contributed by atoms with Crippen molar-refractivity contribution in [3.8, 4) is 0 Å². The van der Waals surface area contributed by atoms with Gasteiger partial charge in [0.05, 0.1) is 11.4 Å². The van der Waals surface area contributed by atoms with Crippen molar-refractivity contribution in [1.29, 1.82) is 0 Å². The van der Waals surface area contributed by atoms with Gasteiger partial charge in [0.15, 0.2) is 9.84 Å². The predicted octanol–water partition coefficient (Wildman–Crippen LogP) is 2.00. The molecule has 130 valence electrons. The molecule has 0 saturated heterocycles. The molecule has 24 heavy (non-hydrogen) atoms. The van der Waals surface area contributed by atoms with E-state index in [4.69, 9.17) is 4.52 Å². The molecule has 0 atom stereocenters. The van der Waals surface area contributed by atoms with E-state index in [-0.39, 0.29) is 12.3 Å². The van der Waals surface area contributed by atoms with Crippen LogP contribution in [0.4, 0.5) is 4.39 Å². The highest BCUT2D eigenvalue weighted by atomic mass is 32.2. The van der Waals surface area contributed by atoms with Crippen LogP contribution in [-0.4, -0.2) is 37.2 Å². The highest BCUT2D eigenvalue weighted by Gasteiger charge is 2.24. The minimum atomic E-state index is -3.68. The molecule has 0 aliphatic rings. The van der Waals surface area contributed by atoms with Gasteiger partial charge in [-0.3, -0.25) is 4.79 Å². The van der Waals surface area contributed by atoms with Gasteiger partial charge < -0.3 is 9.42 Å². The van der Waals surface area contributed by atoms with Gasteiger partial charge in [0, 0.05) is 24.7 Å². The van der Waals surface area contributed by atoms with Gasteiger partial charge in [0.2, 0.25) is 5.91 Å². The van der Waals surface area contributed by atoms with Gasteiger partial charge in [0.1, 0.15) is 17.3 Å². The largest absolute Gasteiger partial charge is 0.361 e. The molecule has 0 spiro atoms. The zero-order chi connectivity index (χ0) is 17.9. The Labute approximate surface area is 140 Å². The molecule has 0 fully saturated rings. The third-order valence-electron chi connectivity index (χ3n) is 3.68. The Morgan fingerprint density at radius 3 is 2.54 bits per heavy atom. The molecule has 1 aromatic heterocycles. The van der Waals surface area contributed by atoms with Crippen molar-refractivity contribution >= 4 is 15.7 Å². The van der Waals surface area contributed by atoms with Gasteiger partial charge in [-0.05, 0) is 19.9 Å². The van der Waals surface area contributed by atoms with Crippen LogP contribution in [0.5, 0.6) is 0 Å². The number of carbonyl (C=O) groups is 1. The second-order valence-corrected chi connectivity index (χ2v) is 7.74. The quantitative estimate of drug-likeness (QED) is 0.793. The second-order valence-electron chi connectivity index (χ2n) is 5.68. The molecule has 1 amide bonds. The summed E-state index contributed by atoms with van der Waals surface area (Å²) in [5, 5.41) is 3.70. The molecule has 0 saturated carbocycles. The molecule has 0 radical (unpaired) electrons. The molecule has 6 nitrogen and oxygen atoms in total. The van der Waals surface area contributed by atoms with E-state index < -0.39 is 27.3 Å². The van der Waals surface area contributed by atoms with E-state index in [1.807, 2.05) is 0 Å². The molecule has 0 bridgehead atoms. The van der Waals surface area contributed by atoms with Crippen LogP contribution in [0.15, 0.2) is 28.8 Å². The number of amides is 1. The molecular formula is C16H19FN2O4S. The Hall–Kier alpha value is -2.22. The Morgan fingerprint density at radius 2 is 1.96 bits per heavy atom. The van der Waals surface area contributed by atoms with E-state index in [0.29, 0.717) is 22.6 Å². The first-order valence-electron chi connectivity index (χ1n) is 7.29. The summed E-state index contributed by atoms with van der Waals surface area (Å²) in [5.41, 5.74) is 1.29. The lowest BCUT2D eigenvalue weighted by Crippen LogP contribution is -2.32. The zero-order valence-electron chi connectivity index (χ0n) is 13.7. The van der Waals surface area contributed by atoms with Gasteiger partial charge in [-0.1, -0.05) is 23.4 Å². The van der Waals surface area contributed by atoms with Crippen LogP contribution in [0.2, 0.25) is 0 Å². The summed E-state index contributed by atoms with van der Waals surface area (Å²) in [5.74, 6) is -1.57. The van der Waals surface area contributed by atoms with E-state index >= 15 is 0 Å². The summed E-state index contributed by atoms with van der Waals surface area (Å²) in [7, 11) is -2.24. The standard InChI is InChI=1S/C16H19FN2O4S/c1-11-14(12(2)23-18-11)9-24(21,22)10-16(20)19(3)8-13-6-4-5-7-15(13)17/h4-7H,8-10H2,1-3H3. The normalized spacial score (nSPS) is 11.5. The molecule has 0 N–H and O–H groups in total. The van der Waals surface area contributed by atoms with Gasteiger partial charge in [0.25, 0.3) is 0 Å². The molecule has 0 unspecified atom stereocenters. The maximum Gasteiger partial charge on any atom is 0.237 e. The van der Waals surface area contributed by atoms with Crippen molar-refractivity contribution < 1.29 is 22.1 Å². The van der Waals surface area contributed by atoms with Crippen LogP contribution in [0.3, 0.4) is 0 Å². The maximum absolute atomic E-state index is 13.6. The first-order valence-corrected chi connectivity index (χ1v) is 9.11. The van der Waals surface area contributed by atoms with Crippen molar-refractivity contribution in [2.45, 2.75) is 26.1 Å². The highest BCUT2D eigenvalue weighted by Crippen LogP contribution is 2.17. The van der Waals surface area contributed by atoms with E-state index in [1.165, 1.54) is 18.0 Å². The van der Waals surface area contributed by atoms with E-state index in [1.54, 1.807) is 32.0 Å². The molecule has 2 aromatic rings. The minimum Gasteiger partial charge on any atom is -0.361 e. The first-order chi connectivity index (χ1) is 11.2. The van der Waals surface area contributed by atoms with Gasteiger partial charge in [-0.2, -0.15) is 0 Å². The summed E-state index contributed by atoms with van der Waals surface area (Å²) in [6, 6.07) is 6.05. The molecule has 1 heterocycles. The maximum atomic E-state index is 13.6. The Morgan fingerprint density at radius 1 is 1.29 bits per heavy atom. The van der Waals surface area contributed by atoms with Crippen LogP contribution in [0, 0.1) is 19.7 Å². The van der Waals surface area contributed by atoms with Gasteiger partial charge in [-0.25, -0.2) is 12.8 Å². The minimum absolute atomic E-state index is 0.00630. The molecule has 2 rings (SSSR count). The SMILES string of the molecule is Cc1noc(C)c1CS(=O)(=O)CC(=O)N(C)Cc1ccccc1F. The van der Waals surface area contributed by atoms with Crippen LogP contribution >= 0.6 is 0 Å². The topological polar surface area (TPSA) is 80.5 Å². The summed E-state index contributed by atoms with van der Waals surface area (Å²) in [4.78, 5) is 13.4. The molecule has 0 aliphatic heterocycles. The van der Waals surface area contributed by atoms with E-state index in [9.17, 15) is 17.6 Å². The monoisotopic (exact) mass is 354 g/mol. The Bertz CT molecular complexity index is 826. The lowest BCUT2D eigenvalue weighted by atomic mass is 10.2. The number of benzene rings is 1. The Balaban J connectivity index is 2.04. The van der Waals surface area contributed by atoms with Crippen LogP contribution in [0.25, 0.3) is 0 Å². The number of hydrogen-bond donors (Lipinski definition) is 0. The second kappa shape index (κ2) is 7.12. The smallest absolute Gasteiger partial charge is 0.237 e. The van der Waals surface area contributed by atoms with Crippen molar-refractivity contribution in [2.24, 2.45) is 0 Å². The lowest BCUT2D eigenvalue weighted by Gasteiger charge is -2.17. The fourth-order valence-electron chi connectivity index (χ4n) is 2.25. The summed E-state index contributed by atoms with van der Waals surface area (Å²) in [6.45, 7) is 3.27. The third-order valence-corrected chi connectivity index (χ3v) is 5.10. The fraction of sp³-hybridized carbons (Fsp3) is 0.375. The molecule has 8 heteroatoms. The van der Waals surface area contributed by atoms with Gasteiger partial charge >= 0.3 is 0 Å².